The number of aryl methyl sites for hydroxylation is 1. The fraction of sp³-hybridized carbons (Fsp3) is 0.0526. The molecule has 1 aromatic carbocycles. The predicted molar refractivity (Wildman–Crippen MR) is 90.1 cm³/mol. The van der Waals surface area contributed by atoms with Crippen molar-refractivity contribution < 1.29 is 4.42 Å². The second-order valence-electron chi connectivity index (χ2n) is 5.39. The highest BCUT2D eigenvalue weighted by atomic mass is 16.3. The maximum absolute atomic E-state index is 11.7. The maximum Gasteiger partial charge on any atom is 0.250 e. The van der Waals surface area contributed by atoms with Crippen LogP contribution in [0.5, 0.6) is 0 Å². The van der Waals surface area contributed by atoms with Crippen molar-refractivity contribution in [2.45, 2.75) is 0 Å². The Morgan fingerprint density at radius 3 is 2.57 bits per heavy atom. The topological polar surface area (TPSA) is 48.0 Å². The van der Waals surface area contributed by atoms with Crippen LogP contribution in [-0.4, -0.2) is 9.55 Å². The first kappa shape index (κ1) is 13.5. The molecule has 4 nitrogen and oxygen atoms in total. The van der Waals surface area contributed by atoms with Crippen molar-refractivity contribution in [1.82, 2.24) is 9.55 Å². The Morgan fingerprint density at radius 1 is 0.957 bits per heavy atom. The molecule has 0 aliphatic heterocycles. The molecule has 4 heteroatoms. The molecule has 0 fully saturated rings. The van der Waals surface area contributed by atoms with Gasteiger partial charge in [-0.1, -0.05) is 30.3 Å². The van der Waals surface area contributed by atoms with Gasteiger partial charge in [-0.05, 0) is 18.2 Å². The Morgan fingerprint density at radius 2 is 1.78 bits per heavy atom. The molecule has 0 bridgehead atoms. The highest BCUT2D eigenvalue weighted by Crippen LogP contribution is 2.39. The lowest BCUT2D eigenvalue weighted by Gasteiger charge is -2.05. The fourth-order valence-electron chi connectivity index (χ4n) is 2.73. The Bertz CT molecular complexity index is 1050. The van der Waals surface area contributed by atoms with E-state index >= 15 is 0 Å². The Balaban J connectivity index is 2.07. The summed E-state index contributed by atoms with van der Waals surface area (Å²) < 4.78 is 7.62. The maximum atomic E-state index is 11.7. The number of fused-ring (bicyclic) bond motifs is 1. The number of hydrogen-bond acceptors (Lipinski definition) is 3. The number of rotatable bonds is 2. The van der Waals surface area contributed by atoms with Gasteiger partial charge in [-0.15, -0.1) is 0 Å². The van der Waals surface area contributed by atoms with Crippen molar-refractivity contribution >= 4 is 11.1 Å². The molecule has 0 radical (unpaired) electrons. The van der Waals surface area contributed by atoms with Gasteiger partial charge in [0.25, 0.3) is 0 Å². The molecule has 3 heterocycles. The zero-order valence-corrected chi connectivity index (χ0v) is 12.6. The molecule has 0 saturated carbocycles. The van der Waals surface area contributed by atoms with E-state index in [1.807, 2.05) is 54.7 Å². The molecule has 23 heavy (non-hydrogen) atoms. The van der Waals surface area contributed by atoms with E-state index in [1.165, 1.54) is 0 Å². The van der Waals surface area contributed by atoms with Crippen LogP contribution in [0.25, 0.3) is 33.6 Å². The van der Waals surface area contributed by atoms with Crippen LogP contribution in [0.2, 0.25) is 0 Å². The Labute approximate surface area is 132 Å². The summed E-state index contributed by atoms with van der Waals surface area (Å²) in [5.74, 6) is 0.762. The molecule has 0 atom stereocenters. The molecule has 112 valence electrons. The van der Waals surface area contributed by atoms with E-state index < -0.39 is 0 Å². The number of furan rings is 1. The second kappa shape index (κ2) is 5.25. The van der Waals surface area contributed by atoms with E-state index in [4.69, 9.17) is 4.42 Å². The quantitative estimate of drug-likeness (QED) is 0.565. The van der Waals surface area contributed by atoms with Gasteiger partial charge in [0.1, 0.15) is 11.3 Å². The standard InChI is InChI=1S/C19H14N2O2/c1-21-12-14(9-10-16(21)22)17-18-15(8-5-11-20-18)23-19(17)13-6-3-2-4-7-13/h2-12H,1H3. The van der Waals surface area contributed by atoms with E-state index in [0.29, 0.717) is 0 Å². The van der Waals surface area contributed by atoms with Crippen molar-refractivity contribution in [2.24, 2.45) is 7.05 Å². The van der Waals surface area contributed by atoms with Gasteiger partial charge in [0.15, 0.2) is 5.58 Å². The minimum atomic E-state index is -0.0456. The number of aromatic nitrogens is 2. The van der Waals surface area contributed by atoms with E-state index in [9.17, 15) is 4.79 Å². The third kappa shape index (κ3) is 2.25. The zero-order valence-electron chi connectivity index (χ0n) is 12.6. The van der Waals surface area contributed by atoms with Gasteiger partial charge in [-0.2, -0.15) is 0 Å². The molecule has 0 aliphatic carbocycles. The molecule has 0 N–H and O–H groups in total. The summed E-state index contributed by atoms with van der Waals surface area (Å²) in [5, 5.41) is 0. The fourth-order valence-corrected chi connectivity index (χ4v) is 2.73. The summed E-state index contributed by atoms with van der Waals surface area (Å²) in [6.45, 7) is 0. The van der Waals surface area contributed by atoms with Crippen LogP contribution in [0.3, 0.4) is 0 Å². The first-order chi connectivity index (χ1) is 11.2. The highest BCUT2D eigenvalue weighted by Gasteiger charge is 2.18. The third-order valence-electron chi connectivity index (χ3n) is 3.86. The summed E-state index contributed by atoms with van der Waals surface area (Å²) in [4.78, 5) is 16.2. The molecule has 3 aromatic heterocycles. The van der Waals surface area contributed by atoms with Gasteiger partial charge in [-0.3, -0.25) is 9.78 Å². The van der Waals surface area contributed by atoms with Crippen LogP contribution in [-0.2, 0) is 7.05 Å². The Kier molecular flexibility index (Phi) is 3.08. The molecule has 4 rings (SSSR count). The van der Waals surface area contributed by atoms with Crippen LogP contribution in [0.4, 0.5) is 0 Å². The third-order valence-corrected chi connectivity index (χ3v) is 3.86. The molecule has 0 saturated heterocycles. The minimum Gasteiger partial charge on any atom is -0.454 e. The van der Waals surface area contributed by atoms with Crippen LogP contribution >= 0.6 is 0 Å². The molecular weight excluding hydrogens is 288 g/mol. The van der Waals surface area contributed by atoms with Crippen molar-refractivity contribution in [3.8, 4) is 22.5 Å². The van der Waals surface area contributed by atoms with Crippen LogP contribution in [0.1, 0.15) is 0 Å². The molecule has 0 unspecified atom stereocenters. The van der Waals surface area contributed by atoms with Crippen LogP contribution < -0.4 is 5.56 Å². The SMILES string of the molecule is Cn1cc(-c2c(-c3ccccc3)oc3cccnc23)ccc1=O. The highest BCUT2D eigenvalue weighted by molar-refractivity contribution is 5.99. The summed E-state index contributed by atoms with van der Waals surface area (Å²) in [5.41, 5.74) is 4.27. The predicted octanol–water partition coefficient (Wildman–Crippen LogP) is 3.86. The number of hydrogen-bond donors (Lipinski definition) is 0. The first-order valence-electron chi connectivity index (χ1n) is 7.34. The largest absolute Gasteiger partial charge is 0.454 e. The van der Waals surface area contributed by atoms with Crippen molar-refractivity contribution in [3.05, 3.63) is 77.3 Å². The molecule has 0 spiro atoms. The zero-order chi connectivity index (χ0) is 15.8. The molecule has 0 amide bonds. The van der Waals surface area contributed by atoms with Gasteiger partial charge < -0.3 is 8.98 Å². The summed E-state index contributed by atoms with van der Waals surface area (Å²) in [7, 11) is 1.74. The lowest BCUT2D eigenvalue weighted by atomic mass is 10.0. The Hall–Kier alpha value is -3.14. The second-order valence-corrected chi connectivity index (χ2v) is 5.39. The average molecular weight is 302 g/mol. The van der Waals surface area contributed by atoms with Gasteiger partial charge in [0, 0.05) is 36.6 Å². The van der Waals surface area contributed by atoms with Crippen molar-refractivity contribution in [3.63, 3.8) is 0 Å². The average Bonchev–Trinajstić information content (AvgIpc) is 2.98. The minimum absolute atomic E-state index is 0.0456. The normalized spacial score (nSPS) is 11.0. The van der Waals surface area contributed by atoms with Crippen molar-refractivity contribution in [1.29, 1.82) is 0 Å². The molecular formula is C19H14N2O2. The molecule has 0 aliphatic rings. The summed E-state index contributed by atoms with van der Waals surface area (Å²) >= 11 is 0. The monoisotopic (exact) mass is 302 g/mol. The van der Waals surface area contributed by atoms with Gasteiger partial charge in [0.05, 0.1) is 5.56 Å². The van der Waals surface area contributed by atoms with Crippen LogP contribution in [0, 0.1) is 0 Å². The smallest absolute Gasteiger partial charge is 0.250 e. The summed E-state index contributed by atoms with van der Waals surface area (Å²) in [6.07, 6.45) is 3.56. The summed E-state index contributed by atoms with van der Waals surface area (Å²) in [6, 6.07) is 17.1. The number of benzene rings is 1. The number of nitrogens with zero attached hydrogens (tertiary/aromatic N) is 2. The lowest BCUT2D eigenvalue weighted by molar-refractivity contribution is 0.632. The van der Waals surface area contributed by atoms with Crippen molar-refractivity contribution in [2.75, 3.05) is 0 Å². The number of pyridine rings is 2. The molecule has 4 aromatic rings. The van der Waals surface area contributed by atoms with Crippen LogP contribution in [0.15, 0.2) is 76.2 Å². The first-order valence-corrected chi connectivity index (χ1v) is 7.34. The van der Waals surface area contributed by atoms with E-state index in [2.05, 4.69) is 4.98 Å². The van der Waals surface area contributed by atoms with E-state index in [1.54, 1.807) is 23.9 Å². The van der Waals surface area contributed by atoms with Gasteiger partial charge >= 0.3 is 0 Å². The van der Waals surface area contributed by atoms with Gasteiger partial charge in [-0.25, -0.2) is 0 Å². The van der Waals surface area contributed by atoms with E-state index in [-0.39, 0.29) is 5.56 Å². The lowest BCUT2D eigenvalue weighted by Crippen LogP contribution is -2.13. The van der Waals surface area contributed by atoms with E-state index in [0.717, 1.165) is 33.6 Å². The van der Waals surface area contributed by atoms with Gasteiger partial charge in [0.2, 0.25) is 5.56 Å².